The lowest BCUT2D eigenvalue weighted by atomic mass is 9.99. The number of hydrogen-bond donors (Lipinski definition) is 4. The van der Waals surface area contributed by atoms with Crippen molar-refractivity contribution in [1.82, 2.24) is 10.3 Å². The number of aromatic nitrogens is 1. The lowest BCUT2D eigenvalue weighted by Gasteiger charge is -2.29. The number of rotatable bonds is 7. The van der Waals surface area contributed by atoms with E-state index in [0.29, 0.717) is 18.9 Å². The minimum atomic E-state index is -0.443. The molecule has 1 atom stereocenters. The predicted molar refractivity (Wildman–Crippen MR) is 116 cm³/mol. The Morgan fingerprint density at radius 2 is 2.07 bits per heavy atom. The molecule has 0 amide bonds. The molecule has 4 rings (SSSR count). The molecule has 1 aromatic heterocycles. The van der Waals surface area contributed by atoms with Crippen molar-refractivity contribution in [3.05, 3.63) is 47.7 Å². The summed E-state index contributed by atoms with van der Waals surface area (Å²) in [5, 5.41) is 9.68. The Kier molecular flexibility index (Phi) is 5.92. The number of ether oxygens (including phenoxy) is 1. The number of pyridine rings is 1. The Bertz CT molecular complexity index is 877. The number of carbonyl (C=O) groups is 1. The highest BCUT2D eigenvalue weighted by Crippen LogP contribution is 2.33. The second-order valence-electron chi connectivity index (χ2n) is 6.96. The van der Waals surface area contributed by atoms with E-state index in [-0.39, 0.29) is 0 Å². The van der Waals surface area contributed by atoms with E-state index in [1.807, 2.05) is 24.3 Å². The van der Waals surface area contributed by atoms with Crippen LogP contribution in [0.5, 0.6) is 0 Å². The SMILES string of the molecule is NCCNc1cc2c(c(Nc3ccc(N4CCOCC4)cc3)n1)C(C=O)NC=C2. The molecular weight excluding hydrogens is 368 g/mol. The van der Waals surface area contributed by atoms with Gasteiger partial charge in [-0.05, 0) is 48.2 Å². The summed E-state index contributed by atoms with van der Waals surface area (Å²) in [7, 11) is 0. The number of morpholine rings is 1. The third kappa shape index (κ3) is 4.33. The van der Waals surface area contributed by atoms with E-state index in [9.17, 15) is 4.79 Å². The number of fused-ring (bicyclic) bond motifs is 1. The molecule has 8 heteroatoms. The van der Waals surface area contributed by atoms with Crippen molar-refractivity contribution in [2.24, 2.45) is 5.73 Å². The summed E-state index contributed by atoms with van der Waals surface area (Å²) >= 11 is 0. The Morgan fingerprint density at radius 1 is 1.28 bits per heavy atom. The van der Waals surface area contributed by atoms with Crippen LogP contribution in [0.25, 0.3) is 6.08 Å². The van der Waals surface area contributed by atoms with Crippen LogP contribution in [-0.2, 0) is 9.53 Å². The monoisotopic (exact) mass is 394 g/mol. The zero-order valence-corrected chi connectivity index (χ0v) is 16.2. The van der Waals surface area contributed by atoms with Gasteiger partial charge < -0.3 is 36.1 Å². The molecule has 2 aliphatic heterocycles. The molecular formula is C21H26N6O2. The number of nitrogens with zero attached hydrogens (tertiary/aromatic N) is 2. The summed E-state index contributed by atoms with van der Waals surface area (Å²) in [5.74, 6) is 1.37. The number of aldehydes is 1. The fraction of sp³-hybridized carbons (Fsp3) is 0.333. The van der Waals surface area contributed by atoms with E-state index >= 15 is 0 Å². The molecule has 0 radical (unpaired) electrons. The van der Waals surface area contributed by atoms with Crippen molar-refractivity contribution in [3.63, 3.8) is 0 Å². The lowest BCUT2D eigenvalue weighted by Crippen LogP contribution is -2.36. The first kappa shape index (κ1) is 19.2. The van der Waals surface area contributed by atoms with Gasteiger partial charge in [-0.3, -0.25) is 0 Å². The third-order valence-corrected chi connectivity index (χ3v) is 5.03. The number of hydrogen-bond acceptors (Lipinski definition) is 8. The second kappa shape index (κ2) is 8.93. The number of benzene rings is 1. The lowest BCUT2D eigenvalue weighted by molar-refractivity contribution is -0.109. The van der Waals surface area contributed by atoms with Crippen LogP contribution in [0.15, 0.2) is 36.5 Å². The molecule has 2 aromatic rings. The van der Waals surface area contributed by atoms with Crippen molar-refractivity contribution in [3.8, 4) is 0 Å². The Labute approximate surface area is 170 Å². The normalized spacial score (nSPS) is 18.0. The first-order valence-corrected chi connectivity index (χ1v) is 9.85. The maximum Gasteiger partial charge on any atom is 0.146 e. The van der Waals surface area contributed by atoms with Gasteiger partial charge in [0.1, 0.15) is 24.0 Å². The molecule has 0 aliphatic carbocycles. The first-order chi connectivity index (χ1) is 14.3. The van der Waals surface area contributed by atoms with Crippen LogP contribution in [0, 0.1) is 0 Å². The molecule has 152 valence electrons. The molecule has 5 N–H and O–H groups in total. The number of anilines is 4. The Balaban J connectivity index is 1.61. The van der Waals surface area contributed by atoms with Crippen molar-refractivity contribution in [2.45, 2.75) is 6.04 Å². The second-order valence-corrected chi connectivity index (χ2v) is 6.96. The summed E-state index contributed by atoms with van der Waals surface area (Å²) in [6, 6.07) is 9.73. The quantitative estimate of drug-likeness (QED) is 0.528. The fourth-order valence-electron chi connectivity index (χ4n) is 3.57. The van der Waals surface area contributed by atoms with E-state index in [0.717, 1.165) is 55.2 Å². The van der Waals surface area contributed by atoms with Gasteiger partial charge in [-0.1, -0.05) is 0 Å². The minimum absolute atomic E-state index is 0.443. The Morgan fingerprint density at radius 3 is 2.79 bits per heavy atom. The average molecular weight is 394 g/mol. The van der Waals surface area contributed by atoms with Crippen molar-refractivity contribution in [1.29, 1.82) is 0 Å². The molecule has 1 fully saturated rings. The fourth-order valence-corrected chi connectivity index (χ4v) is 3.57. The van der Waals surface area contributed by atoms with Crippen LogP contribution >= 0.6 is 0 Å². The highest BCUT2D eigenvalue weighted by molar-refractivity contribution is 5.78. The van der Waals surface area contributed by atoms with Crippen LogP contribution in [0.1, 0.15) is 17.2 Å². The molecule has 2 aliphatic rings. The van der Waals surface area contributed by atoms with Gasteiger partial charge in [0.05, 0.1) is 13.2 Å². The number of nitrogens with one attached hydrogen (secondary N) is 3. The number of nitrogens with two attached hydrogens (primary N) is 1. The van der Waals surface area contributed by atoms with Crippen molar-refractivity contribution in [2.75, 3.05) is 54.9 Å². The summed E-state index contributed by atoms with van der Waals surface area (Å²) in [6.07, 6.45) is 4.62. The van der Waals surface area contributed by atoms with Crippen LogP contribution in [0.3, 0.4) is 0 Å². The van der Waals surface area contributed by atoms with Crippen LogP contribution in [-0.4, -0.2) is 50.7 Å². The largest absolute Gasteiger partial charge is 0.378 e. The molecule has 0 spiro atoms. The van der Waals surface area contributed by atoms with Gasteiger partial charge >= 0.3 is 0 Å². The molecule has 1 saturated heterocycles. The van der Waals surface area contributed by atoms with Gasteiger partial charge in [0.2, 0.25) is 0 Å². The van der Waals surface area contributed by atoms with Gasteiger partial charge in [-0.15, -0.1) is 0 Å². The van der Waals surface area contributed by atoms with Gasteiger partial charge in [0.15, 0.2) is 0 Å². The maximum absolute atomic E-state index is 11.6. The van der Waals surface area contributed by atoms with Gasteiger partial charge in [-0.2, -0.15) is 0 Å². The zero-order chi connectivity index (χ0) is 20.1. The highest BCUT2D eigenvalue weighted by atomic mass is 16.5. The maximum atomic E-state index is 11.6. The van der Waals surface area contributed by atoms with Crippen molar-refractivity contribution < 1.29 is 9.53 Å². The molecule has 1 unspecified atom stereocenters. The molecule has 0 saturated carbocycles. The molecule has 3 heterocycles. The zero-order valence-electron chi connectivity index (χ0n) is 16.2. The summed E-state index contributed by atoms with van der Waals surface area (Å²) < 4.78 is 5.42. The first-order valence-electron chi connectivity index (χ1n) is 9.85. The molecule has 1 aromatic carbocycles. The van der Waals surface area contributed by atoms with Crippen LogP contribution in [0.4, 0.5) is 23.0 Å². The molecule has 8 nitrogen and oxygen atoms in total. The van der Waals surface area contributed by atoms with E-state index in [1.54, 1.807) is 6.20 Å². The van der Waals surface area contributed by atoms with E-state index < -0.39 is 6.04 Å². The smallest absolute Gasteiger partial charge is 0.146 e. The van der Waals surface area contributed by atoms with Crippen LogP contribution < -0.4 is 26.6 Å². The summed E-state index contributed by atoms with van der Waals surface area (Å²) in [5.41, 5.74) is 9.46. The molecule has 29 heavy (non-hydrogen) atoms. The van der Waals surface area contributed by atoms with Gasteiger partial charge in [-0.25, -0.2) is 4.98 Å². The van der Waals surface area contributed by atoms with E-state index in [1.165, 1.54) is 5.69 Å². The highest BCUT2D eigenvalue weighted by Gasteiger charge is 2.22. The average Bonchev–Trinajstić information content (AvgIpc) is 2.78. The standard InChI is InChI=1S/C21H26N6O2/c22-6-8-24-19-13-15-5-7-23-18(14-28)20(15)21(26-19)25-16-1-3-17(4-2-16)27-9-11-29-12-10-27/h1-5,7,13-14,18,23H,6,8-12,22H2,(H2,24,25,26). The predicted octanol–water partition coefficient (Wildman–Crippen LogP) is 1.85. The number of carbonyl (C=O) groups excluding carboxylic acids is 1. The third-order valence-electron chi connectivity index (χ3n) is 5.03. The summed E-state index contributed by atoms with van der Waals surface area (Å²) in [6.45, 7) is 4.45. The van der Waals surface area contributed by atoms with Gasteiger partial charge in [0.25, 0.3) is 0 Å². The van der Waals surface area contributed by atoms with E-state index in [2.05, 4.69) is 33.0 Å². The van der Waals surface area contributed by atoms with E-state index in [4.69, 9.17) is 15.5 Å². The van der Waals surface area contributed by atoms with Gasteiger partial charge in [0, 0.05) is 43.1 Å². The topological polar surface area (TPSA) is 105 Å². The minimum Gasteiger partial charge on any atom is -0.378 e. The Hall–Kier alpha value is -3.10. The summed E-state index contributed by atoms with van der Waals surface area (Å²) in [4.78, 5) is 18.6. The van der Waals surface area contributed by atoms with Crippen LogP contribution in [0.2, 0.25) is 0 Å². The van der Waals surface area contributed by atoms with Crippen molar-refractivity contribution >= 4 is 35.4 Å². The molecule has 0 bridgehead atoms.